The van der Waals surface area contributed by atoms with Crippen LogP contribution in [0.4, 0.5) is 20.4 Å². The molecule has 0 radical (unpaired) electrons. The molecule has 14 bridgehead atoms. The summed E-state index contributed by atoms with van der Waals surface area (Å²) in [6.45, 7) is -9.13. The number of nitrogens with one attached hydrogen (secondary N) is 2. The van der Waals surface area contributed by atoms with Crippen molar-refractivity contribution < 1.29 is 45.8 Å². The zero-order valence-corrected chi connectivity index (χ0v) is 28.5. The van der Waals surface area contributed by atoms with Gasteiger partial charge in [0.25, 0.3) is 0 Å². The average Bonchev–Trinajstić information content (AvgIpc) is 3.81. The standard InChI is InChI=1S/C24H26F2N10O8P2S2.H3N/c25-13-17-11-5-39-46(38,48)44-18-12(6-40-45(37,47)43-17)42-24(14(18)26)36-10-34-16-20(30-8-32-22(16)36)28-4-2-1-3-27-19-15-21(31-7-29-19)35(9-33-15)23(13)41-11;/h1-2,7-14,17-18,23-24H,3-6H2,(H,37,47)(H,38,48)(H,27,29,31)(H,28,30,32);1H3/b2-1+;/t11-,12-,13-,14-,17-,18-,23-,24-,45?,46?;/m1./s1. The fourth-order valence-corrected chi connectivity index (χ4v) is 8.79. The Hall–Kier alpha value is -2.79. The van der Waals surface area contributed by atoms with Crippen molar-refractivity contribution in [3.8, 4) is 0 Å². The zero-order chi connectivity index (χ0) is 33.2. The van der Waals surface area contributed by atoms with Crippen LogP contribution in [0.15, 0.2) is 37.5 Å². The Bertz CT molecular complexity index is 1860. The zero-order valence-electron chi connectivity index (χ0n) is 25.0. The smallest absolute Gasteiger partial charge is 0.365 e. The van der Waals surface area contributed by atoms with Crippen molar-refractivity contribution in [2.24, 2.45) is 0 Å². The van der Waals surface area contributed by atoms with Crippen molar-refractivity contribution in [1.29, 1.82) is 0 Å². The number of halogens is 2. The van der Waals surface area contributed by atoms with Gasteiger partial charge in [-0.25, -0.2) is 43.2 Å². The highest BCUT2D eigenvalue weighted by atomic mass is 32.7. The molecule has 0 saturated carbocycles. The lowest BCUT2D eigenvalue weighted by atomic mass is 10.1. The lowest BCUT2D eigenvalue weighted by Gasteiger charge is -2.29. The Morgan fingerprint density at radius 1 is 0.816 bits per heavy atom. The number of alkyl halides is 2. The first-order valence-electron chi connectivity index (χ1n) is 14.5. The second-order valence-corrected chi connectivity index (χ2v) is 16.7. The van der Waals surface area contributed by atoms with Crippen molar-refractivity contribution in [3.63, 3.8) is 0 Å². The van der Waals surface area contributed by atoms with Crippen LogP contribution in [-0.4, -0.2) is 107 Å². The molecule has 0 amide bonds. The highest BCUT2D eigenvalue weighted by Crippen LogP contribution is 2.58. The molecule has 264 valence electrons. The summed E-state index contributed by atoms with van der Waals surface area (Å²) >= 11 is 9.28. The molecule has 9 rings (SSSR count). The summed E-state index contributed by atoms with van der Waals surface area (Å²) in [6.07, 6.45) is -3.72. The SMILES string of the molecule is N.O=P1(S)OC[C@H]2O[C@@H]3[C@H](F)[C@@H]2OP(O)(=S)OC[C@H]2O[C@H]([C@H](F)[C@@H]2O1)n1cnc2c(ncnc21)NC/C=C/CNc1ncnc2c1ncn23. The number of thiol groups is 1. The Morgan fingerprint density at radius 2 is 1.31 bits per heavy atom. The quantitative estimate of drug-likeness (QED) is 0.0983. The van der Waals surface area contributed by atoms with Crippen LogP contribution in [-0.2, 0) is 43.9 Å². The summed E-state index contributed by atoms with van der Waals surface area (Å²) in [4.78, 5) is 36.8. The lowest BCUT2D eigenvalue weighted by molar-refractivity contribution is -0.0564. The van der Waals surface area contributed by atoms with Crippen molar-refractivity contribution in [1.82, 2.24) is 45.2 Å². The van der Waals surface area contributed by atoms with Gasteiger partial charge in [-0.1, -0.05) is 24.4 Å². The molecule has 3 fully saturated rings. The summed E-state index contributed by atoms with van der Waals surface area (Å²) in [7, 11) is 0. The summed E-state index contributed by atoms with van der Waals surface area (Å²) < 4.78 is 82.8. The monoisotopic (exact) mass is 763 g/mol. The van der Waals surface area contributed by atoms with Gasteiger partial charge >= 0.3 is 13.5 Å². The van der Waals surface area contributed by atoms with Gasteiger partial charge in [0.05, 0.1) is 25.9 Å². The molecule has 3 saturated heterocycles. The second-order valence-electron chi connectivity index (χ2n) is 11.0. The minimum Gasteiger partial charge on any atom is -0.365 e. The van der Waals surface area contributed by atoms with Crippen LogP contribution < -0.4 is 16.8 Å². The first-order valence-corrected chi connectivity index (χ1v) is 19.8. The Balaban J connectivity index is 0.00000378. The number of imidazole rings is 2. The Morgan fingerprint density at radius 3 is 1.84 bits per heavy atom. The summed E-state index contributed by atoms with van der Waals surface area (Å²) in [5, 5.41) is 6.30. The first-order chi connectivity index (χ1) is 23.1. The fraction of sp³-hybridized carbons (Fsp3) is 0.500. The molecular formula is C24H29F2N11O8P2S2. The van der Waals surface area contributed by atoms with Crippen molar-refractivity contribution in [2.75, 3.05) is 36.9 Å². The number of ether oxygens (including phenoxy) is 2. The molecule has 25 heteroatoms. The molecule has 9 heterocycles. The first kappa shape index (κ1) is 34.6. The maximum Gasteiger partial charge on any atom is 0.386 e. The third kappa shape index (κ3) is 6.47. The predicted octanol–water partition coefficient (Wildman–Crippen LogP) is 2.76. The van der Waals surface area contributed by atoms with Crippen LogP contribution in [0, 0.1) is 0 Å². The molecule has 0 spiro atoms. The van der Waals surface area contributed by atoms with Gasteiger partial charge in [-0.3, -0.25) is 22.7 Å². The van der Waals surface area contributed by atoms with E-state index < -0.39 is 75.9 Å². The van der Waals surface area contributed by atoms with Crippen LogP contribution in [0.5, 0.6) is 0 Å². The van der Waals surface area contributed by atoms with Crippen LogP contribution in [0.25, 0.3) is 22.3 Å². The Kier molecular flexibility index (Phi) is 9.47. The van der Waals surface area contributed by atoms with E-state index >= 15 is 8.78 Å². The van der Waals surface area contributed by atoms with Gasteiger partial charge in [0.1, 0.15) is 37.1 Å². The number of hydrogen-bond donors (Lipinski definition) is 5. The molecule has 6 N–H and O–H groups in total. The normalized spacial score (nSPS) is 37.2. The van der Waals surface area contributed by atoms with E-state index in [0.717, 1.165) is 0 Å². The van der Waals surface area contributed by atoms with Gasteiger partial charge < -0.3 is 35.7 Å². The predicted molar refractivity (Wildman–Crippen MR) is 174 cm³/mol. The largest absolute Gasteiger partial charge is 0.386 e. The summed E-state index contributed by atoms with van der Waals surface area (Å²) in [6, 6.07) is 0. The maximum atomic E-state index is 16.2. The third-order valence-corrected chi connectivity index (χ3v) is 11.2. The lowest BCUT2D eigenvalue weighted by Crippen LogP contribution is -2.37. The summed E-state index contributed by atoms with van der Waals surface area (Å²) in [5.74, 6) is 0.753. The molecule has 5 aliphatic rings. The van der Waals surface area contributed by atoms with Gasteiger partial charge in [0.2, 0.25) is 0 Å². The minimum atomic E-state index is -4.38. The molecule has 10 atom stereocenters. The Labute approximate surface area is 285 Å². The van der Waals surface area contributed by atoms with Crippen LogP contribution in [0.3, 0.4) is 0 Å². The number of nitrogens with zero attached hydrogens (tertiary/aromatic N) is 8. The van der Waals surface area contributed by atoms with E-state index in [1.54, 1.807) is 0 Å². The second kappa shape index (κ2) is 13.4. The van der Waals surface area contributed by atoms with E-state index in [1.165, 1.54) is 34.4 Å². The highest BCUT2D eigenvalue weighted by Gasteiger charge is 2.54. The molecule has 5 aliphatic heterocycles. The van der Waals surface area contributed by atoms with Gasteiger partial charge in [-0.15, -0.1) is 0 Å². The number of fused-ring (bicyclic) bond motifs is 10. The molecule has 2 unspecified atom stereocenters. The van der Waals surface area contributed by atoms with Crippen molar-refractivity contribution in [3.05, 3.63) is 37.5 Å². The number of hydrogen-bond acceptors (Lipinski definition) is 17. The number of rotatable bonds is 0. The van der Waals surface area contributed by atoms with Crippen LogP contribution in [0.1, 0.15) is 12.5 Å². The van der Waals surface area contributed by atoms with E-state index in [2.05, 4.69) is 52.8 Å². The van der Waals surface area contributed by atoms with Crippen molar-refractivity contribution >= 4 is 71.5 Å². The van der Waals surface area contributed by atoms with E-state index in [1.807, 2.05) is 12.2 Å². The van der Waals surface area contributed by atoms with Gasteiger partial charge in [0, 0.05) is 13.1 Å². The van der Waals surface area contributed by atoms with Crippen LogP contribution in [0.2, 0.25) is 0 Å². The molecule has 4 aromatic rings. The average molecular weight is 764 g/mol. The van der Waals surface area contributed by atoms with E-state index in [-0.39, 0.29) is 17.4 Å². The minimum absolute atomic E-state index is 0. The molecule has 49 heavy (non-hydrogen) atoms. The number of aromatic nitrogens is 8. The van der Waals surface area contributed by atoms with E-state index in [9.17, 15) is 9.46 Å². The van der Waals surface area contributed by atoms with E-state index in [4.69, 9.17) is 39.4 Å². The van der Waals surface area contributed by atoms with Gasteiger partial charge in [-0.05, 0) is 11.8 Å². The van der Waals surface area contributed by atoms with Crippen molar-refractivity contribution in [2.45, 2.75) is 49.2 Å². The maximum absolute atomic E-state index is 16.2. The topological polar surface area (TPSA) is 239 Å². The molecule has 0 aromatic carbocycles. The molecule has 4 aromatic heterocycles. The summed E-state index contributed by atoms with van der Waals surface area (Å²) in [5.41, 5.74) is 1.09. The van der Waals surface area contributed by atoms with Gasteiger partial charge in [-0.2, -0.15) is 0 Å². The molecule has 0 aliphatic carbocycles. The highest BCUT2D eigenvalue weighted by molar-refractivity contribution is 8.44. The van der Waals surface area contributed by atoms with Crippen LogP contribution >= 0.6 is 25.8 Å². The molecular weight excluding hydrogens is 734 g/mol. The fourth-order valence-electron chi connectivity index (χ4n) is 5.87. The third-order valence-electron chi connectivity index (χ3n) is 8.05. The number of anilines is 2. The van der Waals surface area contributed by atoms with E-state index in [0.29, 0.717) is 35.8 Å². The van der Waals surface area contributed by atoms with Gasteiger partial charge in [0.15, 0.2) is 58.8 Å². The molecule has 19 nitrogen and oxygen atoms in total.